The first-order chi connectivity index (χ1) is 11.1. The lowest BCUT2D eigenvalue weighted by Gasteiger charge is -2.17. The van der Waals surface area contributed by atoms with Gasteiger partial charge >= 0.3 is 5.69 Å². The molecule has 7 nitrogen and oxygen atoms in total. The van der Waals surface area contributed by atoms with Crippen molar-refractivity contribution in [1.29, 1.82) is 0 Å². The lowest BCUT2D eigenvalue weighted by molar-refractivity contribution is -0.385. The fourth-order valence-electron chi connectivity index (χ4n) is 2.63. The molecule has 1 aromatic heterocycles. The van der Waals surface area contributed by atoms with Gasteiger partial charge in [0.2, 0.25) is 0 Å². The Bertz CT molecular complexity index is 691. The number of hydrogen-bond acceptors (Lipinski definition) is 5. The minimum Gasteiger partial charge on any atom is -0.487 e. The molecule has 0 N–H and O–H groups in total. The maximum absolute atomic E-state index is 10.6. The topological polar surface area (TPSA) is 73.4 Å². The summed E-state index contributed by atoms with van der Waals surface area (Å²) >= 11 is 6.10. The molecule has 0 spiro atoms. The Kier molecular flexibility index (Phi) is 4.78. The minimum absolute atomic E-state index is 0.0198. The molecule has 0 amide bonds. The van der Waals surface area contributed by atoms with E-state index in [-0.39, 0.29) is 11.8 Å². The van der Waals surface area contributed by atoms with Gasteiger partial charge < -0.3 is 4.74 Å². The first-order valence-electron chi connectivity index (χ1n) is 7.42. The van der Waals surface area contributed by atoms with Gasteiger partial charge in [-0.2, -0.15) is 5.10 Å². The summed E-state index contributed by atoms with van der Waals surface area (Å²) in [6.45, 7) is 3.14. The molecule has 3 rings (SSSR count). The van der Waals surface area contributed by atoms with Gasteiger partial charge in [-0.25, -0.2) is 0 Å². The maximum Gasteiger partial charge on any atom is 0.306 e. The van der Waals surface area contributed by atoms with Crippen LogP contribution in [0.25, 0.3) is 0 Å². The summed E-state index contributed by atoms with van der Waals surface area (Å²) in [4.78, 5) is 12.5. The molecule has 1 unspecified atom stereocenters. The Morgan fingerprint density at radius 3 is 2.96 bits per heavy atom. The molecule has 2 heterocycles. The molecule has 0 saturated carbocycles. The molecule has 2 aromatic rings. The van der Waals surface area contributed by atoms with Crippen LogP contribution in [0.1, 0.15) is 6.42 Å². The van der Waals surface area contributed by atoms with E-state index in [4.69, 9.17) is 16.3 Å². The van der Waals surface area contributed by atoms with E-state index in [2.05, 4.69) is 10.00 Å². The summed E-state index contributed by atoms with van der Waals surface area (Å²) in [5.41, 5.74) is 0.0198. The Labute approximate surface area is 138 Å². The molecule has 1 atom stereocenters. The maximum atomic E-state index is 10.6. The molecule has 0 aliphatic carbocycles. The van der Waals surface area contributed by atoms with Crippen LogP contribution in [0, 0.1) is 10.1 Å². The first kappa shape index (κ1) is 15.8. The summed E-state index contributed by atoms with van der Waals surface area (Å²) in [5, 5.41) is 15.2. The summed E-state index contributed by atoms with van der Waals surface area (Å²) in [6.07, 6.45) is 3.77. The van der Waals surface area contributed by atoms with Crippen molar-refractivity contribution < 1.29 is 9.66 Å². The van der Waals surface area contributed by atoms with Gasteiger partial charge in [-0.05, 0) is 18.6 Å². The standard InChI is InChI=1S/C15H17ClN4O3/c16-14-3-1-2-4-15(14)23-13-5-6-18(11-13)7-8-19-10-12(9-17-19)20(21)22/h1-4,9-10,13H,5-8,11H2. The van der Waals surface area contributed by atoms with Crippen molar-refractivity contribution in [3.05, 3.63) is 51.8 Å². The number of ether oxygens (including phenoxy) is 1. The van der Waals surface area contributed by atoms with Gasteiger partial charge in [0.15, 0.2) is 0 Å². The molecule has 23 heavy (non-hydrogen) atoms. The van der Waals surface area contributed by atoms with E-state index in [9.17, 15) is 10.1 Å². The largest absolute Gasteiger partial charge is 0.487 e. The van der Waals surface area contributed by atoms with Gasteiger partial charge in [-0.3, -0.25) is 19.7 Å². The van der Waals surface area contributed by atoms with Gasteiger partial charge in [0.25, 0.3) is 0 Å². The Morgan fingerprint density at radius 2 is 2.22 bits per heavy atom. The smallest absolute Gasteiger partial charge is 0.306 e. The minimum atomic E-state index is -0.438. The van der Waals surface area contributed by atoms with Gasteiger partial charge in [0.1, 0.15) is 24.2 Å². The lowest BCUT2D eigenvalue weighted by atomic mass is 10.3. The van der Waals surface area contributed by atoms with Crippen LogP contribution in [0.3, 0.4) is 0 Å². The van der Waals surface area contributed by atoms with Crippen molar-refractivity contribution in [3.63, 3.8) is 0 Å². The van der Waals surface area contributed by atoms with Crippen molar-refractivity contribution in [2.75, 3.05) is 19.6 Å². The molecule has 1 saturated heterocycles. The van der Waals surface area contributed by atoms with Crippen molar-refractivity contribution in [1.82, 2.24) is 14.7 Å². The molecule has 0 radical (unpaired) electrons. The third-order valence-electron chi connectivity index (χ3n) is 3.84. The molecule has 0 bridgehead atoms. The number of aromatic nitrogens is 2. The summed E-state index contributed by atoms with van der Waals surface area (Å²) in [5.74, 6) is 0.712. The van der Waals surface area contributed by atoms with Gasteiger partial charge in [-0.15, -0.1) is 0 Å². The van der Waals surface area contributed by atoms with Crippen LogP contribution in [-0.4, -0.2) is 45.3 Å². The van der Waals surface area contributed by atoms with Gasteiger partial charge in [0.05, 0.1) is 16.5 Å². The van der Waals surface area contributed by atoms with E-state index < -0.39 is 4.92 Å². The fourth-order valence-corrected chi connectivity index (χ4v) is 2.81. The summed E-state index contributed by atoms with van der Waals surface area (Å²) in [6, 6.07) is 7.46. The number of nitrogens with zero attached hydrogens (tertiary/aromatic N) is 4. The normalized spacial score (nSPS) is 18.2. The van der Waals surface area contributed by atoms with E-state index in [1.165, 1.54) is 12.4 Å². The molecule has 1 aromatic carbocycles. The molecule has 8 heteroatoms. The van der Waals surface area contributed by atoms with E-state index in [1.54, 1.807) is 4.68 Å². The van der Waals surface area contributed by atoms with Crippen LogP contribution in [0.15, 0.2) is 36.7 Å². The van der Waals surface area contributed by atoms with Gasteiger partial charge in [-0.1, -0.05) is 23.7 Å². The highest BCUT2D eigenvalue weighted by Gasteiger charge is 2.24. The number of nitro groups is 1. The molecule has 1 fully saturated rings. The highest BCUT2D eigenvalue weighted by molar-refractivity contribution is 6.32. The zero-order chi connectivity index (χ0) is 16.2. The number of benzene rings is 1. The molecule has 1 aliphatic heterocycles. The van der Waals surface area contributed by atoms with Crippen LogP contribution in [-0.2, 0) is 6.54 Å². The average Bonchev–Trinajstić information content (AvgIpc) is 3.17. The van der Waals surface area contributed by atoms with Crippen LogP contribution in [0.4, 0.5) is 5.69 Å². The number of para-hydroxylation sites is 1. The average molecular weight is 337 g/mol. The third kappa shape index (κ3) is 4.00. The SMILES string of the molecule is O=[N+]([O-])c1cnn(CCN2CCC(Oc3ccccc3Cl)C2)c1. The highest BCUT2D eigenvalue weighted by Crippen LogP contribution is 2.26. The van der Waals surface area contributed by atoms with Crippen molar-refractivity contribution >= 4 is 17.3 Å². The second-order valence-electron chi connectivity index (χ2n) is 5.48. The molecular weight excluding hydrogens is 320 g/mol. The zero-order valence-electron chi connectivity index (χ0n) is 12.5. The second-order valence-corrected chi connectivity index (χ2v) is 5.89. The Balaban J connectivity index is 1.48. The number of hydrogen-bond donors (Lipinski definition) is 0. The van der Waals surface area contributed by atoms with Crippen LogP contribution >= 0.6 is 11.6 Å². The van der Waals surface area contributed by atoms with E-state index in [1.807, 2.05) is 24.3 Å². The zero-order valence-corrected chi connectivity index (χ0v) is 13.2. The highest BCUT2D eigenvalue weighted by atomic mass is 35.5. The third-order valence-corrected chi connectivity index (χ3v) is 4.15. The number of rotatable bonds is 6. The number of halogens is 1. The van der Waals surface area contributed by atoms with E-state index in [0.29, 0.717) is 17.3 Å². The number of likely N-dealkylation sites (tertiary alicyclic amines) is 1. The van der Waals surface area contributed by atoms with Crippen molar-refractivity contribution in [2.45, 2.75) is 19.1 Å². The van der Waals surface area contributed by atoms with E-state index in [0.717, 1.165) is 26.1 Å². The van der Waals surface area contributed by atoms with Crippen LogP contribution in [0.5, 0.6) is 5.75 Å². The van der Waals surface area contributed by atoms with Gasteiger partial charge in [0, 0.05) is 19.6 Å². The van der Waals surface area contributed by atoms with Crippen molar-refractivity contribution in [3.8, 4) is 5.75 Å². The Morgan fingerprint density at radius 1 is 1.39 bits per heavy atom. The fraction of sp³-hybridized carbons (Fsp3) is 0.400. The van der Waals surface area contributed by atoms with E-state index >= 15 is 0 Å². The lowest BCUT2D eigenvalue weighted by Crippen LogP contribution is -2.28. The summed E-state index contributed by atoms with van der Waals surface area (Å²) < 4.78 is 7.54. The molecule has 1 aliphatic rings. The summed E-state index contributed by atoms with van der Waals surface area (Å²) in [7, 11) is 0. The second kappa shape index (κ2) is 6.97. The Hall–Kier alpha value is -2.12. The van der Waals surface area contributed by atoms with Crippen LogP contribution < -0.4 is 4.74 Å². The quantitative estimate of drug-likeness (QED) is 0.599. The first-order valence-corrected chi connectivity index (χ1v) is 7.80. The molecular formula is C15H17ClN4O3. The predicted octanol–water partition coefficient (Wildman–Crippen LogP) is 2.60. The molecule has 122 valence electrons. The monoisotopic (exact) mass is 336 g/mol. The van der Waals surface area contributed by atoms with Crippen LogP contribution in [0.2, 0.25) is 5.02 Å². The predicted molar refractivity (Wildman–Crippen MR) is 85.8 cm³/mol. The van der Waals surface area contributed by atoms with Crippen molar-refractivity contribution in [2.24, 2.45) is 0 Å².